The van der Waals surface area contributed by atoms with Crippen molar-refractivity contribution in [2.75, 3.05) is 0 Å². The Labute approximate surface area is 88.4 Å². The van der Waals surface area contributed by atoms with Gasteiger partial charge in [-0.1, -0.05) is 48.3 Å². The summed E-state index contributed by atoms with van der Waals surface area (Å²) in [5.74, 6) is 0. The molecule has 0 amide bonds. The van der Waals surface area contributed by atoms with Crippen molar-refractivity contribution in [1.82, 2.24) is 0 Å². The van der Waals surface area contributed by atoms with Crippen LogP contribution in [0.2, 0.25) is 0 Å². The third kappa shape index (κ3) is 5.06. The molecule has 1 rings (SSSR count). The van der Waals surface area contributed by atoms with E-state index in [4.69, 9.17) is 0 Å². The molecule has 0 radical (unpaired) electrons. The minimum atomic E-state index is 1.24. The molecule has 14 heavy (non-hydrogen) atoms. The lowest BCUT2D eigenvalue weighted by molar-refractivity contribution is 0.651. The molecule has 0 saturated carbocycles. The van der Waals surface area contributed by atoms with Crippen molar-refractivity contribution in [3.63, 3.8) is 0 Å². The standard InChI is InChI=1S/C14H22/c1-13-10-8-6-4-3-5-7-9-11-14(2)12-13/h8,10-12H,3-7,9H2,1-2H3/b10-8+,13-12-,14-11-. The van der Waals surface area contributed by atoms with Gasteiger partial charge in [0, 0.05) is 0 Å². The molecule has 0 aliphatic heterocycles. The molecule has 0 aromatic carbocycles. The monoisotopic (exact) mass is 190 g/mol. The van der Waals surface area contributed by atoms with Crippen LogP contribution in [0, 0.1) is 0 Å². The first-order valence-corrected chi connectivity index (χ1v) is 5.80. The van der Waals surface area contributed by atoms with Gasteiger partial charge in [-0.3, -0.25) is 0 Å². The molecule has 0 spiro atoms. The van der Waals surface area contributed by atoms with Crippen LogP contribution in [0.1, 0.15) is 52.4 Å². The average Bonchev–Trinajstić information content (AvgIpc) is 2.13. The van der Waals surface area contributed by atoms with Gasteiger partial charge in [0.1, 0.15) is 0 Å². The molecule has 0 N–H and O–H groups in total. The second kappa shape index (κ2) is 6.64. The van der Waals surface area contributed by atoms with Crippen molar-refractivity contribution < 1.29 is 0 Å². The maximum absolute atomic E-state index is 2.36. The van der Waals surface area contributed by atoms with Crippen LogP contribution < -0.4 is 0 Å². The molecule has 0 nitrogen and oxygen atoms in total. The van der Waals surface area contributed by atoms with Gasteiger partial charge in [-0.05, 0) is 39.5 Å². The molecule has 0 bridgehead atoms. The average molecular weight is 190 g/mol. The zero-order valence-electron chi connectivity index (χ0n) is 9.55. The maximum atomic E-state index is 2.36. The first-order chi connectivity index (χ1) is 6.79. The fourth-order valence-electron chi connectivity index (χ4n) is 1.83. The molecule has 1 aliphatic carbocycles. The van der Waals surface area contributed by atoms with Gasteiger partial charge in [0.2, 0.25) is 0 Å². The Morgan fingerprint density at radius 2 is 1.57 bits per heavy atom. The molecule has 0 aromatic heterocycles. The Morgan fingerprint density at radius 3 is 2.36 bits per heavy atom. The molecule has 0 saturated heterocycles. The molecule has 0 atom stereocenters. The lowest BCUT2D eigenvalue weighted by atomic mass is 10.1. The summed E-state index contributed by atoms with van der Waals surface area (Å²) in [5, 5.41) is 0. The number of hydrogen-bond donors (Lipinski definition) is 0. The van der Waals surface area contributed by atoms with Crippen LogP contribution in [0.25, 0.3) is 0 Å². The van der Waals surface area contributed by atoms with Crippen LogP contribution in [0.3, 0.4) is 0 Å². The quantitative estimate of drug-likeness (QED) is 0.515. The van der Waals surface area contributed by atoms with Gasteiger partial charge < -0.3 is 0 Å². The smallest absolute Gasteiger partial charge is 0.0345 e. The molecule has 78 valence electrons. The summed E-state index contributed by atoms with van der Waals surface area (Å²) in [4.78, 5) is 0. The van der Waals surface area contributed by atoms with Crippen LogP contribution in [0.5, 0.6) is 0 Å². The summed E-state index contributed by atoms with van der Waals surface area (Å²) >= 11 is 0. The summed E-state index contributed by atoms with van der Waals surface area (Å²) in [6, 6.07) is 0. The lowest BCUT2D eigenvalue weighted by Crippen LogP contribution is -1.81. The molecule has 0 unspecified atom stereocenters. The summed E-state index contributed by atoms with van der Waals surface area (Å²) < 4.78 is 0. The lowest BCUT2D eigenvalue weighted by Gasteiger charge is -2.01. The van der Waals surface area contributed by atoms with Crippen molar-refractivity contribution in [3.05, 3.63) is 35.5 Å². The predicted octanol–water partition coefficient (Wildman–Crippen LogP) is 4.79. The Morgan fingerprint density at radius 1 is 0.857 bits per heavy atom. The second-order valence-electron chi connectivity index (χ2n) is 4.23. The van der Waals surface area contributed by atoms with E-state index in [0.717, 1.165) is 0 Å². The number of allylic oxidation sites excluding steroid dienone is 6. The van der Waals surface area contributed by atoms with Gasteiger partial charge in [0.25, 0.3) is 0 Å². The largest absolute Gasteiger partial charge is 0.0843 e. The Bertz CT molecular complexity index is 241. The van der Waals surface area contributed by atoms with Crippen LogP contribution in [0.15, 0.2) is 35.5 Å². The van der Waals surface area contributed by atoms with Crippen molar-refractivity contribution in [2.45, 2.75) is 52.4 Å². The van der Waals surface area contributed by atoms with E-state index in [-0.39, 0.29) is 0 Å². The van der Waals surface area contributed by atoms with E-state index in [0.29, 0.717) is 0 Å². The SMILES string of the molecule is CC1=C/CCCCCC/C=C/C(C)=C\1. The zero-order chi connectivity index (χ0) is 10.2. The van der Waals surface area contributed by atoms with Crippen LogP contribution in [-0.4, -0.2) is 0 Å². The van der Waals surface area contributed by atoms with Gasteiger partial charge in [-0.25, -0.2) is 0 Å². The topological polar surface area (TPSA) is 0 Å². The third-order valence-corrected chi connectivity index (χ3v) is 2.63. The Kier molecular flexibility index (Phi) is 5.36. The Hall–Kier alpha value is -0.780. The van der Waals surface area contributed by atoms with Crippen LogP contribution in [0.4, 0.5) is 0 Å². The molecular formula is C14H22. The Balaban J connectivity index is 2.61. The van der Waals surface area contributed by atoms with Crippen LogP contribution >= 0.6 is 0 Å². The van der Waals surface area contributed by atoms with Crippen molar-refractivity contribution in [2.24, 2.45) is 0 Å². The van der Waals surface area contributed by atoms with Gasteiger partial charge in [0.05, 0.1) is 0 Å². The van der Waals surface area contributed by atoms with Gasteiger partial charge >= 0.3 is 0 Å². The van der Waals surface area contributed by atoms with E-state index in [1.54, 1.807) is 0 Å². The van der Waals surface area contributed by atoms with E-state index in [1.165, 1.54) is 49.7 Å². The molecule has 0 fully saturated rings. The number of hydrogen-bond acceptors (Lipinski definition) is 0. The highest BCUT2D eigenvalue weighted by Crippen LogP contribution is 2.11. The molecule has 0 heteroatoms. The third-order valence-electron chi connectivity index (χ3n) is 2.63. The minimum Gasteiger partial charge on any atom is -0.0843 e. The van der Waals surface area contributed by atoms with Gasteiger partial charge in [-0.2, -0.15) is 0 Å². The minimum absolute atomic E-state index is 1.24. The second-order valence-corrected chi connectivity index (χ2v) is 4.23. The fraction of sp³-hybridized carbons (Fsp3) is 0.571. The maximum Gasteiger partial charge on any atom is -0.0345 e. The highest BCUT2D eigenvalue weighted by Gasteiger charge is 1.91. The molecule has 1 aliphatic rings. The number of rotatable bonds is 0. The first-order valence-electron chi connectivity index (χ1n) is 5.80. The van der Waals surface area contributed by atoms with Crippen molar-refractivity contribution in [3.8, 4) is 0 Å². The normalized spacial score (nSPS) is 30.1. The summed E-state index contributed by atoms with van der Waals surface area (Å²) in [6.45, 7) is 4.38. The van der Waals surface area contributed by atoms with E-state index >= 15 is 0 Å². The summed E-state index contributed by atoms with van der Waals surface area (Å²) in [7, 11) is 0. The van der Waals surface area contributed by atoms with E-state index in [1.807, 2.05) is 0 Å². The summed E-state index contributed by atoms with van der Waals surface area (Å²) in [6.07, 6.45) is 17.2. The van der Waals surface area contributed by atoms with Gasteiger partial charge in [-0.15, -0.1) is 0 Å². The fourth-order valence-corrected chi connectivity index (χ4v) is 1.83. The first kappa shape index (κ1) is 11.3. The van der Waals surface area contributed by atoms with E-state index < -0.39 is 0 Å². The highest BCUT2D eigenvalue weighted by atomic mass is 14.0. The van der Waals surface area contributed by atoms with Crippen LogP contribution in [-0.2, 0) is 0 Å². The van der Waals surface area contributed by atoms with Gasteiger partial charge in [0.15, 0.2) is 0 Å². The molecule has 0 heterocycles. The predicted molar refractivity (Wildman–Crippen MR) is 64.4 cm³/mol. The molecular weight excluding hydrogens is 168 g/mol. The van der Waals surface area contributed by atoms with Crippen molar-refractivity contribution in [1.29, 1.82) is 0 Å². The van der Waals surface area contributed by atoms with E-state index in [9.17, 15) is 0 Å². The molecule has 0 aromatic rings. The van der Waals surface area contributed by atoms with E-state index in [2.05, 4.69) is 38.2 Å². The zero-order valence-corrected chi connectivity index (χ0v) is 9.55. The van der Waals surface area contributed by atoms with Crippen molar-refractivity contribution >= 4 is 0 Å². The highest BCUT2D eigenvalue weighted by molar-refractivity contribution is 5.27. The summed E-state index contributed by atoms with van der Waals surface area (Å²) in [5.41, 5.74) is 2.78.